The number of carbonyl (C=O) groups excluding carboxylic acids is 2. The fraction of sp³-hybridized carbons (Fsp3) is 0.567. The van der Waals surface area contributed by atoms with Crippen LogP contribution in [0.15, 0.2) is 36.5 Å². The molecule has 13 heteroatoms. The molecule has 1 amide bonds. The highest BCUT2D eigenvalue weighted by Crippen LogP contribution is 2.45. The number of ether oxygens (including phenoxy) is 3. The number of carbonyl (C=O) groups is 2. The maximum Gasteiger partial charge on any atom is 0.455 e. The van der Waals surface area contributed by atoms with Crippen molar-refractivity contribution < 1.29 is 45.8 Å². The van der Waals surface area contributed by atoms with Gasteiger partial charge in [0.05, 0.1) is 44.5 Å². The van der Waals surface area contributed by atoms with Gasteiger partial charge in [-0.05, 0) is 74.1 Å². The molecule has 1 saturated carbocycles. The van der Waals surface area contributed by atoms with E-state index >= 15 is 0 Å². The van der Waals surface area contributed by atoms with E-state index in [2.05, 4.69) is 4.98 Å². The first-order valence-corrected chi connectivity index (χ1v) is 14.3. The maximum atomic E-state index is 13.4. The number of benzene rings is 1. The predicted octanol–water partition coefficient (Wildman–Crippen LogP) is 5.76. The van der Waals surface area contributed by atoms with Crippen LogP contribution in [0.25, 0.3) is 0 Å². The molecule has 2 aromatic rings. The van der Waals surface area contributed by atoms with Crippen LogP contribution < -0.4 is 19.7 Å². The van der Waals surface area contributed by atoms with Gasteiger partial charge in [-0.25, -0.2) is 4.98 Å². The van der Waals surface area contributed by atoms with Crippen LogP contribution in [0.3, 0.4) is 0 Å². The van der Waals surface area contributed by atoms with Crippen molar-refractivity contribution in [3.8, 4) is 11.6 Å². The van der Waals surface area contributed by atoms with Gasteiger partial charge in [0.15, 0.2) is 0 Å². The Hall–Kier alpha value is -3.64. The van der Waals surface area contributed by atoms with E-state index in [0.717, 1.165) is 18.4 Å². The molecule has 2 aliphatic rings. The number of pyridine rings is 1. The summed E-state index contributed by atoms with van der Waals surface area (Å²) in [6.45, 7) is 1.65. The average molecular weight is 614 g/mol. The van der Waals surface area contributed by atoms with Crippen LogP contribution in [0.5, 0.6) is 11.6 Å². The first-order valence-electron chi connectivity index (χ1n) is 14.3. The minimum absolute atomic E-state index is 0.0254. The maximum absolute atomic E-state index is 13.4. The van der Waals surface area contributed by atoms with Gasteiger partial charge in [-0.1, -0.05) is 0 Å². The van der Waals surface area contributed by atoms with Crippen LogP contribution in [0.4, 0.5) is 27.6 Å². The van der Waals surface area contributed by atoms with E-state index in [9.17, 15) is 31.5 Å². The third-order valence-corrected chi connectivity index (χ3v) is 7.83. The van der Waals surface area contributed by atoms with Gasteiger partial charge < -0.3 is 24.4 Å². The van der Waals surface area contributed by atoms with Crippen molar-refractivity contribution in [3.05, 3.63) is 47.7 Å². The van der Waals surface area contributed by atoms with Crippen molar-refractivity contribution in [3.63, 3.8) is 0 Å². The van der Waals surface area contributed by atoms with Crippen molar-refractivity contribution in [2.45, 2.75) is 57.0 Å². The first kappa shape index (κ1) is 32.3. The van der Waals surface area contributed by atoms with E-state index < -0.39 is 24.6 Å². The Kier molecular flexibility index (Phi) is 10.3. The third kappa shape index (κ3) is 8.47. The highest BCUT2D eigenvalue weighted by atomic mass is 19.4. The van der Waals surface area contributed by atoms with E-state index in [0.29, 0.717) is 68.8 Å². The summed E-state index contributed by atoms with van der Waals surface area (Å²) in [6.07, 6.45) is -0.292. The number of esters is 1. The number of hydrogen-bond donors (Lipinski definition) is 1. The Morgan fingerprint density at radius 3 is 2.42 bits per heavy atom. The molecular weight excluding hydrogens is 577 g/mol. The Morgan fingerprint density at radius 2 is 1.79 bits per heavy atom. The predicted molar refractivity (Wildman–Crippen MR) is 148 cm³/mol. The van der Waals surface area contributed by atoms with Crippen LogP contribution in [-0.2, 0) is 9.53 Å². The number of amides is 1. The Bertz CT molecular complexity index is 1260. The molecule has 43 heavy (non-hydrogen) atoms. The molecule has 1 unspecified atom stereocenters. The first-order chi connectivity index (χ1) is 20.4. The zero-order valence-corrected chi connectivity index (χ0v) is 24.1. The van der Waals surface area contributed by atoms with Crippen molar-refractivity contribution in [2.24, 2.45) is 11.8 Å². The number of nitrogens with zero attached hydrogens (tertiary/aromatic N) is 2. The van der Waals surface area contributed by atoms with E-state index in [-0.39, 0.29) is 23.4 Å². The average Bonchev–Trinajstić information content (AvgIpc) is 3.83. The molecule has 2 fully saturated rings. The van der Waals surface area contributed by atoms with Gasteiger partial charge >= 0.3 is 18.1 Å². The second kappa shape index (κ2) is 13.8. The van der Waals surface area contributed by atoms with Crippen LogP contribution >= 0.6 is 0 Å². The lowest BCUT2D eigenvalue weighted by molar-refractivity contribution is -0.278. The number of aromatic nitrogens is 1. The van der Waals surface area contributed by atoms with Gasteiger partial charge in [-0.2, -0.15) is 22.0 Å². The van der Waals surface area contributed by atoms with E-state index in [1.807, 2.05) is 17.0 Å². The number of piperidine rings is 1. The highest BCUT2D eigenvalue weighted by molar-refractivity contribution is 6.00. The third-order valence-electron chi connectivity index (χ3n) is 7.83. The van der Waals surface area contributed by atoms with E-state index in [1.165, 1.54) is 19.2 Å². The molecule has 236 valence electrons. The van der Waals surface area contributed by atoms with Gasteiger partial charge in [0.2, 0.25) is 5.88 Å². The molecule has 0 spiro atoms. The lowest BCUT2D eigenvalue weighted by Gasteiger charge is -2.34. The summed E-state index contributed by atoms with van der Waals surface area (Å²) in [7, 11) is 1.43. The van der Waals surface area contributed by atoms with Crippen LogP contribution in [0, 0.1) is 11.8 Å². The number of rotatable bonds is 13. The largest absolute Gasteiger partial charge is 0.497 e. The minimum atomic E-state index is -5.77. The molecule has 2 heterocycles. The molecule has 1 N–H and O–H groups in total. The Balaban J connectivity index is 1.35. The normalized spacial score (nSPS) is 16.9. The van der Waals surface area contributed by atoms with Gasteiger partial charge in [0.1, 0.15) is 5.75 Å². The fourth-order valence-electron chi connectivity index (χ4n) is 5.21. The lowest BCUT2D eigenvalue weighted by Crippen LogP contribution is -2.47. The van der Waals surface area contributed by atoms with Gasteiger partial charge in [-0.15, -0.1) is 0 Å². The van der Waals surface area contributed by atoms with Crippen LogP contribution in [0.1, 0.15) is 60.9 Å². The Labute approximate surface area is 246 Å². The minimum Gasteiger partial charge on any atom is -0.497 e. The monoisotopic (exact) mass is 613 g/mol. The van der Waals surface area contributed by atoms with Gasteiger partial charge in [0.25, 0.3) is 5.91 Å². The molecule has 0 radical (unpaired) electrons. The molecule has 1 aliphatic carbocycles. The Morgan fingerprint density at radius 1 is 1.07 bits per heavy atom. The number of methoxy groups -OCH3 is 1. The van der Waals surface area contributed by atoms with Crippen molar-refractivity contribution in [2.75, 3.05) is 44.9 Å². The van der Waals surface area contributed by atoms with Crippen molar-refractivity contribution >= 4 is 17.6 Å². The number of anilines is 1. The lowest BCUT2D eigenvalue weighted by atomic mass is 9.92. The van der Waals surface area contributed by atoms with Gasteiger partial charge in [0, 0.05) is 31.4 Å². The van der Waals surface area contributed by atoms with Crippen LogP contribution in [-0.4, -0.2) is 68.9 Å². The molecule has 1 aromatic heterocycles. The summed E-state index contributed by atoms with van der Waals surface area (Å²) in [5, 5.41) is 1.72. The van der Waals surface area contributed by atoms with Crippen molar-refractivity contribution in [1.82, 2.24) is 10.3 Å². The highest BCUT2D eigenvalue weighted by Gasteiger charge is 2.57. The standard InChI is InChI=1S/C30H36F5N3O5/c1-3-42-27(39)16-24(20-4-5-20)21-8-11-36-26(14-21)43-17-19-9-12-38(13-10-19)25-15-22(41-2)6-7-23(25)28(40)37-18-29(31,32)30(33,34)35/h6-8,11,14-15,19-20,24H,3-5,9-10,12-13,16-18H2,1-2H3,(H,37,40). The zero-order chi connectivity index (χ0) is 31.2. The number of alkyl halides is 5. The topological polar surface area (TPSA) is 90.0 Å². The summed E-state index contributed by atoms with van der Waals surface area (Å²) in [5.41, 5.74) is 1.35. The molecule has 4 rings (SSSR count). The molecule has 1 saturated heterocycles. The fourth-order valence-corrected chi connectivity index (χ4v) is 5.21. The summed E-state index contributed by atoms with van der Waals surface area (Å²) >= 11 is 0. The summed E-state index contributed by atoms with van der Waals surface area (Å²) in [4.78, 5) is 31.0. The molecule has 1 aromatic carbocycles. The molecular formula is C30H36F5N3O5. The molecule has 1 aliphatic heterocycles. The number of hydrogen-bond acceptors (Lipinski definition) is 7. The summed E-state index contributed by atoms with van der Waals surface area (Å²) < 4.78 is 80.9. The zero-order valence-electron chi connectivity index (χ0n) is 24.1. The van der Waals surface area contributed by atoms with Crippen molar-refractivity contribution in [1.29, 1.82) is 0 Å². The summed E-state index contributed by atoms with van der Waals surface area (Å²) in [6, 6.07) is 8.14. The molecule has 1 atom stereocenters. The van der Waals surface area contributed by atoms with Crippen LogP contribution in [0.2, 0.25) is 0 Å². The second-order valence-electron chi connectivity index (χ2n) is 10.9. The van der Waals surface area contributed by atoms with Gasteiger partial charge in [-0.3, -0.25) is 9.59 Å². The SMILES string of the molecule is CCOC(=O)CC(c1ccnc(OCC2CCN(c3cc(OC)ccc3C(=O)NCC(F)(F)C(F)(F)F)CC2)c1)C1CC1. The number of nitrogens with one attached hydrogen (secondary N) is 1. The van der Waals surface area contributed by atoms with E-state index in [4.69, 9.17) is 14.2 Å². The quantitative estimate of drug-likeness (QED) is 0.227. The molecule has 8 nitrogen and oxygen atoms in total. The second-order valence-corrected chi connectivity index (χ2v) is 10.9. The summed E-state index contributed by atoms with van der Waals surface area (Å²) in [5.74, 6) is -4.77. The van der Waals surface area contributed by atoms with E-state index in [1.54, 1.807) is 24.5 Å². The molecule has 0 bridgehead atoms. The number of halogens is 5. The smallest absolute Gasteiger partial charge is 0.455 e.